The van der Waals surface area contributed by atoms with Gasteiger partial charge < -0.3 is 5.41 Å². The molecule has 14 heavy (non-hydrogen) atoms. The molecule has 70 valence electrons. The van der Waals surface area contributed by atoms with Gasteiger partial charge in [0.1, 0.15) is 0 Å². The maximum atomic E-state index is 7.14. The normalized spacial score (nSPS) is 10.4. The molecule has 2 rings (SSSR count). The van der Waals surface area contributed by atoms with Crippen LogP contribution in [-0.2, 0) is 0 Å². The molecule has 0 spiro atoms. The molecule has 0 fully saturated rings. The zero-order chi connectivity index (χ0) is 10.1. The van der Waals surface area contributed by atoms with E-state index in [1.165, 1.54) is 6.21 Å². The number of pyridine rings is 1. The van der Waals surface area contributed by atoms with Gasteiger partial charge in [-0.15, -0.1) is 0 Å². The smallest absolute Gasteiger partial charge is 0.0751 e. The van der Waals surface area contributed by atoms with Crippen LogP contribution in [0.15, 0.2) is 35.6 Å². The van der Waals surface area contributed by atoms with Gasteiger partial charge in [0.25, 0.3) is 0 Å². The third-order valence-electron chi connectivity index (χ3n) is 2.00. The van der Waals surface area contributed by atoms with Crippen molar-refractivity contribution in [2.75, 3.05) is 0 Å². The number of fused-ring (bicyclic) bond motifs is 1. The number of hydrogen-bond donors (Lipinski definition) is 1. The van der Waals surface area contributed by atoms with Gasteiger partial charge in [-0.3, -0.25) is 0 Å². The van der Waals surface area contributed by atoms with Crippen molar-refractivity contribution in [1.82, 2.24) is 9.61 Å². The van der Waals surface area contributed by atoms with Gasteiger partial charge in [0.05, 0.1) is 11.7 Å². The van der Waals surface area contributed by atoms with Crippen molar-refractivity contribution in [2.24, 2.45) is 0 Å². The average molecular weight is 250 g/mol. The maximum Gasteiger partial charge on any atom is 0.0751 e. The number of rotatable bonds is 2. The zero-order valence-corrected chi connectivity index (χ0v) is 8.95. The third-order valence-corrected chi connectivity index (χ3v) is 2.50. The molecule has 0 atom stereocenters. The Hall–Kier alpha value is -1.42. The Morgan fingerprint density at radius 2 is 2.43 bits per heavy atom. The third kappa shape index (κ3) is 1.37. The lowest BCUT2D eigenvalue weighted by Gasteiger charge is -1.97. The van der Waals surface area contributed by atoms with Crippen LogP contribution in [0.2, 0.25) is 0 Å². The second-order valence-electron chi connectivity index (χ2n) is 2.90. The van der Waals surface area contributed by atoms with Crippen molar-refractivity contribution in [1.29, 1.82) is 5.41 Å². The van der Waals surface area contributed by atoms with Crippen LogP contribution in [0.3, 0.4) is 0 Å². The first-order chi connectivity index (χ1) is 6.72. The van der Waals surface area contributed by atoms with E-state index in [0.29, 0.717) is 5.57 Å². The van der Waals surface area contributed by atoms with Crippen LogP contribution in [0.4, 0.5) is 0 Å². The molecule has 0 saturated heterocycles. The van der Waals surface area contributed by atoms with E-state index in [9.17, 15) is 0 Å². The first-order valence-corrected chi connectivity index (χ1v) is 4.84. The fourth-order valence-corrected chi connectivity index (χ4v) is 1.62. The van der Waals surface area contributed by atoms with Crippen molar-refractivity contribution in [3.63, 3.8) is 0 Å². The minimum atomic E-state index is 0.665. The fraction of sp³-hybridized carbons (Fsp3) is 0. The van der Waals surface area contributed by atoms with Crippen molar-refractivity contribution < 1.29 is 0 Å². The van der Waals surface area contributed by atoms with E-state index in [-0.39, 0.29) is 0 Å². The summed E-state index contributed by atoms with van der Waals surface area (Å²) in [5.41, 5.74) is 2.51. The molecule has 0 unspecified atom stereocenters. The van der Waals surface area contributed by atoms with E-state index < -0.39 is 0 Å². The maximum absolute atomic E-state index is 7.14. The summed E-state index contributed by atoms with van der Waals surface area (Å²) >= 11 is 3.39. The number of aromatic nitrogens is 2. The van der Waals surface area contributed by atoms with Gasteiger partial charge in [-0.1, -0.05) is 22.5 Å². The number of allylic oxidation sites excluding steroid dienone is 1. The topological polar surface area (TPSA) is 41.2 Å². The van der Waals surface area contributed by atoms with Crippen molar-refractivity contribution >= 4 is 33.2 Å². The first kappa shape index (κ1) is 9.15. The molecule has 0 aliphatic rings. The highest BCUT2D eigenvalue weighted by Gasteiger charge is 2.05. The molecule has 2 aromatic heterocycles. The molecule has 2 heterocycles. The molecule has 3 nitrogen and oxygen atoms in total. The summed E-state index contributed by atoms with van der Waals surface area (Å²) in [6.07, 6.45) is 4.81. The van der Waals surface area contributed by atoms with Crippen molar-refractivity contribution in [3.05, 3.63) is 41.1 Å². The summed E-state index contributed by atoms with van der Waals surface area (Å²) in [7, 11) is 0. The largest absolute Gasteiger partial charge is 0.308 e. The van der Waals surface area contributed by atoms with Gasteiger partial charge in [0, 0.05) is 22.4 Å². The monoisotopic (exact) mass is 249 g/mol. The molecule has 1 N–H and O–H groups in total. The van der Waals surface area contributed by atoms with E-state index in [0.717, 1.165) is 15.6 Å². The number of nitrogens with zero attached hydrogens (tertiary/aromatic N) is 2. The SMILES string of the molecule is C=C(C=N)c1cnn2ccc(Br)cc12. The van der Waals surface area contributed by atoms with E-state index in [2.05, 4.69) is 27.6 Å². The van der Waals surface area contributed by atoms with Gasteiger partial charge in [-0.25, -0.2) is 4.52 Å². The molecular formula is C10H8BrN3. The van der Waals surface area contributed by atoms with Gasteiger partial charge in [0.2, 0.25) is 0 Å². The van der Waals surface area contributed by atoms with Gasteiger partial charge >= 0.3 is 0 Å². The molecule has 0 aromatic carbocycles. The second-order valence-corrected chi connectivity index (χ2v) is 3.82. The van der Waals surface area contributed by atoms with Gasteiger partial charge in [-0.05, 0) is 17.7 Å². The molecule has 0 radical (unpaired) electrons. The van der Waals surface area contributed by atoms with Crippen LogP contribution in [0.1, 0.15) is 5.56 Å². The minimum absolute atomic E-state index is 0.665. The summed E-state index contributed by atoms with van der Waals surface area (Å²) in [5.74, 6) is 0. The lowest BCUT2D eigenvalue weighted by molar-refractivity contribution is 0.959. The molecule has 0 saturated carbocycles. The number of nitrogens with one attached hydrogen (secondary N) is 1. The summed E-state index contributed by atoms with van der Waals surface area (Å²) in [5, 5.41) is 11.3. The van der Waals surface area contributed by atoms with E-state index in [4.69, 9.17) is 5.41 Å². The molecule has 4 heteroatoms. The predicted molar refractivity (Wildman–Crippen MR) is 60.7 cm³/mol. The van der Waals surface area contributed by atoms with Crippen LogP contribution < -0.4 is 0 Å². The van der Waals surface area contributed by atoms with Crippen LogP contribution in [0, 0.1) is 5.41 Å². The Morgan fingerprint density at radius 1 is 1.64 bits per heavy atom. The highest BCUT2D eigenvalue weighted by molar-refractivity contribution is 9.10. The predicted octanol–water partition coefficient (Wildman–Crippen LogP) is 2.76. The van der Waals surface area contributed by atoms with Crippen LogP contribution >= 0.6 is 15.9 Å². The summed E-state index contributed by atoms with van der Waals surface area (Å²) in [4.78, 5) is 0. The molecule has 0 amide bonds. The summed E-state index contributed by atoms with van der Waals surface area (Å²) in [6.45, 7) is 3.78. The summed E-state index contributed by atoms with van der Waals surface area (Å²) < 4.78 is 2.75. The van der Waals surface area contributed by atoms with Crippen molar-refractivity contribution in [3.8, 4) is 0 Å². The first-order valence-electron chi connectivity index (χ1n) is 4.05. The molecule has 0 aliphatic carbocycles. The summed E-state index contributed by atoms with van der Waals surface area (Å²) in [6, 6.07) is 3.87. The van der Waals surface area contributed by atoms with Gasteiger partial charge in [0.15, 0.2) is 0 Å². The quantitative estimate of drug-likeness (QED) is 0.818. The molecule has 2 aromatic rings. The van der Waals surface area contributed by atoms with Gasteiger partial charge in [-0.2, -0.15) is 5.10 Å². The van der Waals surface area contributed by atoms with Crippen LogP contribution in [-0.4, -0.2) is 15.8 Å². The second kappa shape index (κ2) is 3.38. The Bertz CT molecular complexity index is 513. The Balaban J connectivity index is 2.72. The number of halogens is 1. The minimum Gasteiger partial charge on any atom is -0.308 e. The van der Waals surface area contributed by atoms with Crippen LogP contribution in [0.25, 0.3) is 11.1 Å². The standard InChI is InChI=1S/C10H8BrN3/c1-7(5-12)9-6-13-14-3-2-8(11)4-10(9)14/h2-6,12H,1H2. The molecule has 0 bridgehead atoms. The lowest BCUT2D eigenvalue weighted by Crippen LogP contribution is -1.86. The Morgan fingerprint density at radius 3 is 3.14 bits per heavy atom. The highest BCUT2D eigenvalue weighted by Crippen LogP contribution is 2.20. The Kier molecular flexibility index (Phi) is 2.21. The zero-order valence-electron chi connectivity index (χ0n) is 7.37. The Labute approximate surface area is 89.7 Å². The lowest BCUT2D eigenvalue weighted by atomic mass is 10.1. The molecular weight excluding hydrogens is 242 g/mol. The van der Waals surface area contributed by atoms with E-state index >= 15 is 0 Å². The molecule has 0 aliphatic heterocycles. The fourth-order valence-electron chi connectivity index (χ4n) is 1.28. The van der Waals surface area contributed by atoms with E-state index in [1.54, 1.807) is 10.7 Å². The highest BCUT2D eigenvalue weighted by atomic mass is 79.9. The number of hydrogen-bond acceptors (Lipinski definition) is 2. The van der Waals surface area contributed by atoms with Crippen LogP contribution in [0.5, 0.6) is 0 Å². The van der Waals surface area contributed by atoms with E-state index in [1.807, 2.05) is 18.3 Å². The average Bonchev–Trinajstić information content (AvgIpc) is 2.59. The van der Waals surface area contributed by atoms with Crippen molar-refractivity contribution in [2.45, 2.75) is 0 Å².